The minimum Gasteiger partial charge on any atom is -0.335 e. The predicted octanol–water partition coefficient (Wildman–Crippen LogP) is 3.06. The molecule has 5 heteroatoms. The number of carbonyl (C=O) groups excluding carboxylic acids is 1. The monoisotopic (exact) mass is 344 g/mol. The van der Waals surface area contributed by atoms with Crippen LogP contribution < -0.4 is 5.32 Å². The van der Waals surface area contributed by atoms with E-state index in [1.54, 1.807) is 0 Å². The van der Waals surface area contributed by atoms with Crippen molar-refractivity contribution in [2.24, 2.45) is 0 Å². The van der Waals surface area contributed by atoms with E-state index in [1.165, 1.54) is 19.3 Å². The van der Waals surface area contributed by atoms with Crippen LogP contribution in [0.15, 0.2) is 24.4 Å². The van der Waals surface area contributed by atoms with Gasteiger partial charge in [0.15, 0.2) is 0 Å². The molecule has 3 rings (SSSR count). The fourth-order valence-corrected chi connectivity index (χ4v) is 4.04. The molecular formula is C20H32N4O. The number of nitrogens with one attached hydrogen (secondary N) is 1. The minimum atomic E-state index is 0.124. The Kier molecular flexibility index (Phi) is 6.68. The van der Waals surface area contributed by atoms with E-state index in [0.29, 0.717) is 12.1 Å². The lowest BCUT2D eigenvalue weighted by Crippen LogP contribution is -2.51. The number of rotatable bonds is 5. The molecule has 1 saturated carbocycles. The van der Waals surface area contributed by atoms with Crippen molar-refractivity contribution in [2.75, 3.05) is 26.7 Å². The van der Waals surface area contributed by atoms with Crippen molar-refractivity contribution in [3.63, 3.8) is 0 Å². The highest BCUT2D eigenvalue weighted by atomic mass is 16.2. The largest absolute Gasteiger partial charge is 0.335 e. The van der Waals surface area contributed by atoms with E-state index in [-0.39, 0.29) is 6.03 Å². The van der Waals surface area contributed by atoms with Crippen molar-refractivity contribution >= 4 is 6.03 Å². The zero-order valence-corrected chi connectivity index (χ0v) is 15.5. The first-order valence-electron chi connectivity index (χ1n) is 9.88. The van der Waals surface area contributed by atoms with Crippen LogP contribution in [-0.2, 0) is 6.42 Å². The maximum atomic E-state index is 12.5. The van der Waals surface area contributed by atoms with Gasteiger partial charge in [-0.05, 0) is 37.8 Å². The summed E-state index contributed by atoms with van der Waals surface area (Å²) in [6, 6.07) is 6.99. The van der Waals surface area contributed by atoms with E-state index < -0.39 is 0 Å². The predicted molar refractivity (Wildman–Crippen MR) is 101 cm³/mol. The highest BCUT2D eigenvalue weighted by Gasteiger charge is 2.26. The lowest BCUT2D eigenvalue weighted by molar-refractivity contribution is 0.132. The van der Waals surface area contributed by atoms with Crippen LogP contribution in [0.1, 0.15) is 50.6 Å². The van der Waals surface area contributed by atoms with Crippen LogP contribution >= 0.6 is 0 Å². The second-order valence-electron chi connectivity index (χ2n) is 7.54. The fraction of sp³-hybridized carbons (Fsp3) is 0.700. The van der Waals surface area contributed by atoms with Crippen LogP contribution in [0.25, 0.3) is 0 Å². The van der Waals surface area contributed by atoms with Gasteiger partial charge >= 0.3 is 6.03 Å². The van der Waals surface area contributed by atoms with Gasteiger partial charge in [0.2, 0.25) is 0 Å². The third kappa shape index (κ3) is 5.43. The highest BCUT2D eigenvalue weighted by molar-refractivity contribution is 5.74. The molecule has 2 fully saturated rings. The summed E-state index contributed by atoms with van der Waals surface area (Å²) in [6.45, 7) is 3.19. The Labute approximate surface area is 151 Å². The number of pyridine rings is 1. The number of nitrogens with zero attached hydrogens (tertiary/aromatic N) is 3. The van der Waals surface area contributed by atoms with Gasteiger partial charge in [0.1, 0.15) is 0 Å². The summed E-state index contributed by atoms with van der Waals surface area (Å²) in [4.78, 5) is 21.3. The molecule has 0 atom stereocenters. The van der Waals surface area contributed by atoms with Crippen LogP contribution in [0.3, 0.4) is 0 Å². The van der Waals surface area contributed by atoms with Gasteiger partial charge in [-0.15, -0.1) is 0 Å². The molecule has 1 saturated heterocycles. The van der Waals surface area contributed by atoms with Crippen molar-refractivity contribution in [2.45, 2.75) is 63.5 Å². The first kappa shape index (κ1) is 18.2. The van der Waals surface area contributed by atoms with E-state index in [2.05, 4.69) is 27.3 Å². The molecular weight excluding hydrogens is 312 g/mol. The van der Waals surface area contributed by atoms with Crippen LogP contribution in [0.2, 0.25) is 0 Å². The van der Waals surface area contributed by atoms with E-state index in [0.717, 1.165) is 57.4 Å². The summed E-state index contributed by atoms with van der Waals surface area (Å²) >= 11 is 0. The molecule has 2 heterocycles. The summed E-state index contributed by atoms with van der Waals surface area (Å²) < 4.78 is 0. The number of hydrogen-bond donors (Lipinski definition) is 1. The lowest BCUT2D eigenvalue weighted by Gasteiger charge is -2.37. The van der Waals surface area contributed by atoms with Crippen molar-refractivity contribution in [3.8, 4) is 0 Å². The third-order valence-electron chi connectivity index (χ3n) is 5.77. The summed E-state index contributed by atoms with van der Waals surface area (Å²) in [5, 5.41) is 3.24. The number of likely N-dealkylation sites (tertiary alicyclic amines) is 1. The summed E-state index contributed by atoms with van der Waals surface area (Å²) in [6.07, 6.45) is 11.1. The Hall–Kier alpha value is -1.62. The second-order valence-corrected chi connectivity index (χ2v) is 7.54. The SMILES string of the molecule is CN(C(=O)NC1CCCCC1)C1CCN(CCc2ccccn2)CC1. The molecule has 1 aromatic heterocycles. The standard InChI is InChI=1S/C20H32N4O/c1-23(20(25)22-18-8-3-2-4-9-18)19-11-15-24(16-12-19)14-10-17-7-5-6-13-21-17/h5-7,13,18-19H,2-4,8-12,14-16H2,1H3,(H,22,25). The summed E-state index contributed by atoms with van der Waals surface area (Å²) in [5.74, 6) is 0. The molecule has 0 aromatic carbocycles. The van der Waals surface area contributed by atoms with Gasteiger partial charge in [0, 0.05) is 57.1 Å². The molecule has 138 valence electrons. The molecule has 0 spiro atoms. The fourth-order valence-electron chi connectivity index (χ4n) is 4.04. The van der Waals surface area contributed by atoms with E-state index >= 15 is 0 Å². The first-order chi connectivity index (χ1) is 12.2. The van der Waals surface area contributed by atoms with Gasteiger partial charge in [0.05, 0.1) is 0 Å². The van der Waals surface area contributed by atoms with Crippen molar-refractivity contribution < 1.29 is 4.79 Å². The van der Waals surface area contributed by atoms with Crippen LogP contribution in [-0.4, -0.2) is 59.6 Å². The van der Waals surface area contributed by atoms with Gasteiger partial charge < -0.3 is 15.1 Å². The highest BCUT2D eigenvalue weighted by Crippen LogP contribution is 2.19. The molecule has 2 aliphatic rings. The molecule has 0 bridgehead atoms. The average molecular weight is 345 g/mol. The maximum absolute atomic E-state index is 12.5. The van der Waals surface area contributed by atoms with Gasteiger partial charge in [-0.2, -0.15) is 0 Å². The Bertz CT molecular complexity index is 522. The Balaban J connectivity index is 1.38. The van der Waals surface area contributed by atoms with Gasteiger partial charge in [0.25, 0.3) is 0 Å². The van der Waals surface area contributed by atoms with Crippen molar-refractivity contribution in [3.05, 3.63) is 30.1 Å². The zero-order chi connectivity index (χ0) is 17.5. The van der Waals surface area contributed by atoms with Gasteiger partial charge in [-0.25, -0.2) is 4.79 Å². The smallest absolute Gasteiger partial charge is 0.317 e. The molecule has 1 aliphatic heterocycles. The number of carbonyl (C=O) groups is 1. The number of urea groups is 1. The molecule has 1 aliphatic carbocycles. The van der Waals surface area contributed by atoms with Crippen LogP contribution in [0, 0.1) is 0 Å². The average Bonchev–Trinajstić information content (AvgIpc) is 2.68. The van der Waals surface area contributed by atoms with Crippen molar-refractivity contribution in [1.82, 2.24) is 20.1 Å². The number of amides is 2. The summed E-state index contributed by atoms with van der Waals surface area (Å²) in [7, 11) is 1.96. The molecule has 5 nitrogen and oxygen atoms in total. The van der Waals surface area contributed by atoms with E-state index in [4.69, 9.17) is 0 Å². The minimum absolute atomic E-state index is 0.124. The Morgan fingerprint density at radius 1 is 1.20 bits per heavy atom. The number of aromatic nitrogens is 1. The first-order valence-corrected chi connectivity index (χ1v) is 9.88. The molecule has 0 radical (unpaired) electrons. The third-order valence-corrected chi connectivity index (χ3v) is 5.77. The second kappa shape index (κ2) is 9.18. The molecule has 25 heavy (non-hydrogen) atoms. The van der Waals surface area contributed by atoms with Crippen molar-refractivity contribution in [1.29, 1.82) is 0 Å². The molecule has 2 amide bonds. The quantitative estimate of drug-likeness (QED) is 0.893. The van der Waals surface area contributed by atoms with Crippen LogP contribution in [0.4, 0.5) is 4.79 Å². The Morgan fingerprint density at radius 3 is 2.64 bits per heavy atom. The Morgan fingerprint density at radius 2 is 1.96 bits per heavy atom. The van der Waals surface area contributed by atoms with Crippen LogP contribution in [0.5, 0.6) is 0 Å². The topological polar surface area (TPSA) is 48.5 Å². The van der Waals surface area contributed by atoms with E-state index in [9.17, 15) is 4.79 Å². The number of piperidine rings is 1. The summed E-state index contributed by atoms with van der Waals surface area (Å²) in [5.41, 5.74) is 1.16. The normalized spacial score (nSPS) is 20.4. The molecule has 1 aromatic rings. The van der Waals surface area contributed by atoms with E-state index in [1.807, 2.05) is 24.2 Å². The van der Waals surface area contributed by atoms with Gasteiger partial charge in [-0.1, -0.05) is 25.3 Å². The van der Waals surface area contributed by atoms with Gasteiger partial charge in [-0.3, -0.25) is 4.98 Å². The maximum Gasteiger partial charge on any atom is 0.317 e. The lowest BCUT2D eigenvalue weighted by atomic mass is 9.95. The zero-order valence-electron chi connectivity index (χ0n) is 15.5. The molecule has 1 N–H and O–H groups in total. The number of hydrogen-bond acceptors (Lipinski definition) is 3. The molecule has 0 unspecified atom stereocenters.